The minimum absolute atomic E-state index is 0.165. The Morgan fingerprint density at radius 3 is 2.56 bits per heavy atom. The number of H-pyrrole nitrogens is 1. The molecule has 3 N–H and O–H groups in total. The number of aromatic amines is 1. The highest BCUT2D eigenvalue weighted by Gasteiger charge is 2.27. The highest BCUT2D eigenvalue weighted by molar-refractivity contribution is 6.05. The summed E-state index contributed by atoms with van der Waals surface area (Å²) in [6.45, 7) is 4.25. The molecule has 34 heavy (non-hydrogen) atoms. The number of para-hydroxylation sites is 1. The summed E-state index contributed by atoms with van der Waals surface area (Å²) in [4.78, 5) is 42.5. The van der Waals surface area contributed by atoms with E-state index in [1.54, 1.807) is 24.3 Å². The van der Waals surface area contributed by atoms with Gasteiger partial charge in [-0.3, -0.25) is 24.5 Å². The molecule has 178 valence electrons. The van der Waals surface area contributed by atoms with Crippen molar-refractivity contribution in [3.05, 3.63) is 77.5 Å². The van der Waals surface area contributed by atoms with E-state index in [1.807, 2.05) is 37.4 Å². The number of carbonyl (C=O) groups is 3. The van der Waals surface area contributed by atoms with Gasteiger partial charge in [0.1, 0.15) is 0 Å². The molecule has 3 amide bonds. The number of imide groups is 1. The van der Waals surface area contributed by atoms with Gasteiger partial charge in [0.15, 0.2) is 0 Å². The molecule has 0 bridgehead atoms. The number of hydroxylamine groups is 1. The highest BCUT2D eigenvalue weighted by atomic mass is 16.5. The van der Waals surface area contributed by atoms with Gasteiger partial charge in [0.2, 0.25) is 5.91 Å². The largest absolute Gasteiger partial charge is 0.361 e. The first kappa shape index (κ1) is 24.9. The van der Waals surface area contributed by atoms with Crippen LogP contribution in [0.5, 0.6) is 0 Å². The summed E-state index contributed by atoms with van der Waals surface area (Å²) in [6.07, 6.45) is 7.85. The van der Waals surface area contributed by atoms with E-state index in [2.05, 4.69) is 11.9 Å². The molecule has 3 aromatic rings. The van der Waals surface area contributed by atoms with Crippen LogP contribution in [0.1, 0.15) is 54.6 Å². The Labute approximate surface area is 199 Å². The molecule has 0 aliphatic rings. The monoisotopic (exact) mass is 461 g/mol. The maximum atomic E-state index is 13.4. The van der Waals surface area contributed by atoms with Gasteiger partial charge in [-0.05, 0) is 48.2 Å². The maximum Gasteiger partial charge on any atom is 0.267 e. The molecule has 1 heterocycles. The summed E-state index contributed by atoms with van der Waals surface area (Å²) in [5, 5.41) is 9.67. The van der Waals surface area contributed by atoms with Crippen LogP contribution in [0.4, 0.5) is 0 Å². The minimum Gasteiger partial charge on any atom is -0.361 e. The molecule has 0 fully saturated rings. The Balaban J connectivity index is 1.80. The molecule has 0 saturated carbocycles. The number of fused-ring (bicyclic) bond motifs is 1. The number of nitrogens with zero attached hydrogens (tertiary/aromatic N) is 1. The number of carbonyl (C=O) groups excluding carboxylic acids is 3. The third-order valence-corrected chi connectivity index (χ3v) is 5.90. The smallest absolute Gasteiger partial charge is 0.267 e. The topological polar surface area (TPSA) is 103 Å². The van der Waals surface area contributed by atoms with Crippen LogP contribution >= 0.6 is 0 Å². The summed E-state index contributed by atoms with van der Waals surface area (Å²) in [5.41, 5.74) is 4.70. The van der Waals surface area contributed by atoms with Crippen molar-refractivity contribution in [2.24, 2.45) is 5.92 Å². The average Bonchev–Trinajstić information content (AvgIpc) is 3.29. The van der Waals surface area contributed by atoms with E-state index in [1.165, 1.54) is 22.5 Å². The van der Waals surface area contributed by atoms with Gasteiger partial charge in [-0.15, -0.1) is 0 Å². The van der Waals surface area contributed by atoms with Crippen molar-refractivity contribution in [1.82, 2.24) is 15.4 Å². The van der Waals surface area contributed by atoms with E-state index in [-0.39, 0.29) is 24.3 Å². The van der Waals surface area contributed by atoms with Crippen molar-refractivity contribution in [1.29, 1.82) is 0 Å². The van der Waals surface area contributed by atoms with Crippen LogP contribution in [-0.4, -0.2) is 39.4 Å². The summed E-state index contributed by atoms with van der Waals surface area (Å²) >= 11 is 0. The molecular weight excluding hydrogens is 430 g/mol. The molecule has 0 aliphatic carbocycles. The Morgan fingerprint density at radius 2 is 1.85 bits per heavy atom. The Kier molecular flexibility index (Phi) is 8.76. The third kappa shape index (κ3) is 6.20. The average molecular weight is 462 g/mol. The first-order valence-electron chi connectivity index (χ1n) is 11.6. The van der Waals surface area contributed by atoms with Crippen LogP contribution in [0.3, 0.4) is 0 Å². The molecule has 7 heteroatoms. The van der Waals surface area contributed by atoms with Gasteiger partial charge in [-0.2, -0.15) is 0 Å². The lowest BCUT2D eigenvalue weighted by Gasteiger charge is -2.24. The lowest BCUT2D eigenvalue weighted by molar-refractivity contribution is -0.132. The fraction of sp³-hybridized carbons (Fsp3) is 0.296. The molecule has 0 spiro atoms. The molecule has 0 saturated heterocycles. The van der Waals surface area contributed by atoms with Crippen molar-refractivity contribution in [3.63, 3.8) is 0 Å². The van der Waals surface area contributed by atoms with Crippen LogP contribution in [-0.2, 0) is 16.0 Å². The van der Waals surface area contributed by atoms with Crippen molar-refractivity contribution in [2.45, 2.75) is 39.5 Å². The van der Waals surface area contributed by atoms with Crippen molar-refractivity contribution >= 4 is 34.7 Å². The fourth-order valence-corrected chi connectivity index (χ4v) is 3.88. The van der Waals surface area contributed by atoms with Crippen LogP contribution in [0.2, 0.25) is 0 Å². The number of amides is 3. The molecule has 7 nitrogen and oxygen atoms in total. The Bertz CT molecular complexity index is 1160. The molecule has 1 aromatic heterocycles. The normalized spacial score (nSPS) is 12.1. The number of nitrogens with one attached hydrogen (secondary N) is 2. The Hall–Kier alpha value is -3.71. The lowest BCUT2D eigenvalue weighted by Crippen LogP contribution is -2.41. The minimum atomic E-state index is -0.643. The maximum absolute atomic E-state index is 13.4. The number of aromatic nitrogens is 1. The van der Waals surface area contributed by atoms with Crippen LogP contribution in [0.15, 0.2) is 60.8 Å². The standard InChI is InChI=1S/C27H31N3O4/c1-3-4-7-19(2)26(32)30(17-16-22-18-28-24-9-6-5-8-23(22)24)27(33)21-13-10-20(11-14-21)12-15-25(31)29-34/h5-6,8-15,18-19,28,34H,3-4,7,16-17H2,1-2H3,(H,29,31)/b15-12+. The molecule has 2 aromatic carbocycles. The molecule has 0 aliphatic heterocycles. The fourth-order valence-electron chi connectivity index (χ4n) is 3.88. The van der Waals surface area contributed by atoms with E-state index in [0.29, 0.717) is 17.5 Å². The third-order valence-electron chi connectivity index (χ3n) is 5.90. The van der Waals surface area contributed by atoms with Crippen LogP contribution in [0.25, 0.3) is 17.0 Å². The van der Waals surface area contributed by atoms with Crippen molar-refractivity contribution in [2.75, 3.05) is 6.54 Å². The van der Waals surface area contributed by atoms with Gasteiger partial charge >= 0.3 is 0 Å². The van der Waals surface area contributed by atoms with Gasteiger partial charge in [-0.25, -0.2) is 5.48 Å². The zero-order chi connectivity index (χ0) is 24.5. The summed E-state index contributed by atoms with van der Waals surface area (Å²) in [7, 11) is 0. The number of unbranched alkanes of at least 4 members (excludes halogenated alkanes) is 1. The summed E-state index contributed by atoms with van der Waals surface area (Å²) < 4.78 is 0. The van der Waals surface area contributed by atoms with Crippen molar-refractivity contribution < 1.29 is 19.6 Å². The SMILES string of the molecule is CCCCC(C)C(=O)N(CCc1c[nH]c2ccccc12)C(=O)c1ccc(/C=C/C(=O)NO)cc1. The number of hydrogen-bond donors (Lipinski definition) is 3. The first-order chi connectivity index (χ1) is 16.4. The molecule has 1 atom stereocenters. The molecular formula is C27H31N3O4. The van der Waals surface area contributed by atoms with Gasteiger partial charge < -0.3 is 4.98 Å². The van der Waals surface area contributed by atoms with Crippen LogP contribution in [0, 0.1) is 5.92 Å². The highest BCUT2D eigenvalue weighted by Crippen LogP contribution is 2.20. The van der Waals surface area contributed by atoms with E-state index < -0.39 is 5.91 Å². The van der Waals surface area contributed by atoms with Crippen LogP contribution < -0.4 is 5.48 Å². The zero-order valence-electron chi connectivity index (χ0n) is 19.6. The van der Waals surface area contributed by atoms with E-state index in [4.69, 9.17) is 5.21 Å². The molecule has 0 radical (unpaired) electrons. The van der Waals surface area contributed by atoms with Gasteiger partial charge in [0, 0.05) is 41.2 Å². The van der Waals surface area contributed by atoms with E-state index in [0.717, 1.165) is 35.7 Å². The predicted molar refractivity (Wildman–Crippen MR) is 132 cm³/mol. The number of rotatable bonds is 10. The second-order valence-electron chi connectivity index (χ2n) is 8.38. The number of hydrogen-bond acceptors (Lipinski definition) is 4. The van der Waals surface area contributed by atoms with Crippen molar-refractivity contribution in [3.8, 4) is 0 Å². The van der Waals surface area contributed by atoms with Gasteiger partial charge in [0.25, 0.3) is 11.8 Å². The lowest BCUT2D eigenvalue weighted by atomic mass is 10.0. The zero-order valence-corrected chi connectivity index (χ0v) is 19.6. The second kappa shape index (κ2) is 12.0. The van der Waals surface area contributed by atoms with E-state index >= 15 is 0 Å². The molecule has 1 unspecified atom stereocenters. The summed E-state index contributed by atoms with van der Waals surface area (Å²) in [5.74, 6) is -1.39. The summed E-state index contributed by atoms with van der Waals surface area (Å²) in [6, 6.07) is 14.6. The number of benzene rings is 2. The molecule has 3 rings (SSSR count). The van der Waals surface area contributed by atoms with Gasteiger partial charge in [0.05, 0.1) is 0 Å². The predicted octanol–water partition coefficient (Wildman–Crippen LogP) is 4.72. The van der Waals surface area contributed by atoms with Gasteiger partial charge in [-0.1, -0.05) is 57.0 Å². The van der Waals surface area contributed by atoms with E-state index in [9.17, 15) is 14.4 Å². The first-order valence-corrected chi connectivity index (χ1v) is 11.6. The quantitative estimate of drug-likeness (QED) is 0.231. The Morgan fingerprint density at radius 1 is 1.12 bits per heavy atom. The second-order valence-corrected chi connectivity index (χ2v) is 8.38.